The van der Waals surface area contributed by atoms with E-state index < -0.39 is 0 Å². The van der Waals surface area contributed by atoms with Crippen molar-refractivity contribution in [3.63, 3.8) is 0 Å². The molecule has 2 aromatic heterocycles. The molecule has 162 valence electrons. The molecule has 1 atom stereocenters. The molecule has 0 aliphatic carbocycles. The Bertz CT molecular complexity index is 1090. The fraction of sp³-hybridized carbons (Fsp3) is 0.435. The predicted molar refractivity (Wildman–Crippen MR) is 121 cm³/mol. The summed E-state index contributed by atoms with van der Waals surface area (Å²) in [5.41, 5.74) is 8.55. The lowest BCUT2D eigenvalue weighted by Crippen LogP contribution is -2.42. The van der Waals surface area contributed by atoms with Gasteiger partial charge in [-0.25, -0.2) is 4.98 Å². The van der Waals surface area contributed by atoms with Crippen molar-refractivity contribution in [3.8, 4) is 0 Å². The number of anilines is 1. The van der Waals surface area contributed by atoms with Gasteiger partial charge in [0.1, 0.15) is 5.82 Å². The molecule has 3 N–H and O–H groups in total. The van der Waals surface area contributed by atoms with Crippen LogP contribution in [-0.4, -0.2) is 50.5 Å². The van der Waals surface area contributed by atoms with E-state index in [1.807, 2.05) is 35.2 Å². The van der Waals surface area contributed by atoms with Crippen molar-refractivity contribution in [1.29, 1.82) is 0 Å². The standard InChI is InChI=1S/C23H27ClN6O/c24-18-5-2-1-4-16(18)14-29-12-9-15(10-13-29)23(31)30-11-3-6-20(30)19-8-7-17-21(25)27-28-22(17)26-19/h1-2,4-5,7-8,15,20H,3,6,9-14H2,(H3,25,26,27,28). The van der Waals surface area contributed by atoms with Crippen LogP contribution in [0, 0.1) is 5.92 Å². The number of H-pyrrole nitrogens is 1. The minimum Gasteiger partial charge on any atom is -0.384 e. The number of nitrogens with two attached hydrogens (primary N) is 1. The van der Waals surface area contributed by atoms with Crippen molar-refractivity contribution in [2.75, 3.05) is 25.4 Å². The van der Waals surface area contributed by atoms with Crippen molar-refractivity contribution in [2.45, 2.75) is 38.3 Å². The van der Waals surface area contributed by atoms with Crippen LogP contribution in [0.25, 0.3) is 11.0 Å². The molecule has 8 heteroatoms. The number of benzene rings is 1. The Balaban J connectivity index is 1.24. The molecule has 4 heterocycles. The van der Waals surface area contributed by atoms with Crippen LogP contribution in [0.3, 0.4) is 0 Å². The van der Waals surface area contributed by atoms with Gasteiger partial charge in [-0.15, -0.1) is 0 Å². The summed E-state index contributed by atoms with van der Waals surface area (Å²) in [5.74, 6) is 0.869. The first-order valence-electron chi connectivity index (χ1n) is 11.0. The van der Waals surface area contributed by atoms with Crippen LogP contribution < -0.4 is 5.73 Å². The van der Waals surface area contributed by atoms with Crippen LogP contribution >= 0.6 is 11.6 Å². The molecule has 1 aromatic carbocycles. The minimum atomic E-state index is 0.0241. The first-order valence-corrected chi connectivity index (χ1v) is 11.3. The molecule has 0 radical (unpaired) electrons. The number of halogens is 1. The van der Waals surface area contributed by atoms with Crippen molar-refractivity contribution in [1.82, 2.24) is 25.0 Å². The zero-order valence-electron chi connectivity index (χ0n) is 17.4. The number of hydrogen-bond donors (Lipinski definition) is 2. The van der Waals surface area contributed by atoms with E-state index in [0.717, 1.165) is 73.5 Å². The first kappa shape index (κ1) is 20.3. The molecule has 2 fully saturated rings. The number of piperidine rings is 1. The van der Waals surface area contributed by atoms with E-state index in [4.69, 9.17) is 17.3 Å². The van der Waals surface area contributed by atoms with E-state index in [9.17, 15) is 4.79 Å². The van der Waals surface area contributed by atoms with E-state index in [1.165, 1.54) is 0 Å². The molecule has 7 nitrogen and oxygen atoms in total. The fourth-order valence-corrected chi connectivity index (χ4v) is 5.09. The second kappa shape index (κ2) is 8.48. The number of nitrogens with one attached hydrogen (secondary N) is 1. The van der Waals surface area contributed by atoms with Gasteiger partial charge in [0.2, 0.25) is 5.91 Å². The lowest BCUT2D eigenvalue weighted by atomic mass is 9.94. The van der Waals surface area contributed by atoms with Gasteiger partial charge in [-0.05, 0) is 62.5 Å². The number of carbonyl (C=O) groups is 1. The fourth-order valence-electron chi connectivity index (χ4n) is 4.90. The summed E-state index contributed by atoms with van der Waals surface area (Å²) in [6.07, 6.45) is 3.71. The molecular formula is C23H27ClN6O. The van der Waals surface area contributed by atoms with Gasteiger partial charge in [0.15, 0.2) is 5.65 Å². The zero-order valence-corrected chi connectivity index (χ0v) is 18.2. The number of pyridine rings is 1. The molecular weight excluding hydrogens is 412 g/mol. The van der Waals surface area contributed by atoms with Gasteiger partial charge in [0, 0.05) is 24.0 Å². The van der Waals surface area contributed by atoms with Crippen molar-refractivity contribution < 1.29 is 4.79 Å². The maximum Gasteiger partial charge on any atom is 0.226 e. The summed E-state index contributed by atoms with van der Waals surface area (Å²) in [5, 5.41) is 8.59. The Morgan fingerprint density at radius 1 is 1.13 bits per heavy atom. The van der Waals surface area contributed by atoms with Crippen LogP contribution in [0.2, 0.25) is 5.02 Å². The minimum absolute atomic E-state index is 0.0241. The number of aromatic amines is 1. The average Bonchev–Trinajstić information content (AvgIpc) is 3.42. The SMILES string of the molecule is Nc1[nH]nc2nc(C3CCCN3C(=O)C3CCN(Cc4ccccc4Cl)CC3)ccc12. The highest BCUT2D eigenvalue weighted by molar-refractivity contribution is 6.31. The molecule has 3 aromatic rings. The Hall–Kier alpha value is -2.64. The van der Waals surface area contributed by atoms with Gasteiger partial charge in [-0.2, -0.15) is 5.10 Å². The molecule has 2 aliphatic rings. The highest BCUT2D eigenvalue weighted by Crippen LogP contribution is 2.35. The lowest BCUT2D eigenvalue weighted by Gasteiger charge is -2.35. The lowest BCUT2D eigenvalue weighted by molar-refractivity contribution is -0.138. The Morgan fingerprint density at radius 2 is 1.94 bits per heavy atom. The molecule has 31 heavy (non-hydrogen) atoms. The highest BCUT2D eigenvalue weighted by atomic mass is 35.5. The van der Waals surface area contributed by atoms with Gasteiger partial charge in [-0.3, -0.25) is 14.8 Å². The number of nitrogens with zero attached hydrogens (tertiary/aromatic N) is 4. The van der Waals surface area contributed by atoms with Crippen LogP contribution in [-0.2, 0) is 11.3 Å². The van der Waals surface area contributed by atoms with Crippen molar-refractivity contribution >= 4 is 34.4 Å². The third-order valence-electron chi connectivity index (χ3n) is 6.63. The number of carbonyl (C=O) groups excluding carboxylic acids is 1. The Kier molecular flexibility index (Phi) is 5.54. The van der Waals surface area contributed by atoms with Gasteiger partial charge in [0.25, 0.3) is 0 Å². The van der Waals surface area contributed by atoms with Crippen LogP contribution in [0.5, 0.6) is 0 Å². The molecule has 0 spiro atoms. The largest absolute Gasteiger partial charge is 0.384 e. The summed E-state index contributed by atoms with van der Waals surface area (Å²) in [7, 11) is 0. The number of nitrogen functional groups attached to an aromatic ring is 1. The van der Waals surface area contributed by atoms with E-state index in [0.29, 0.717) is 11.5 Å². The second-order valence-corrected chi connectivity index (χ2v) is 8.98. The molecule has 1 unspecified atom stereocenters. The summed E-state index contributed by atoms with van der Waals surface area (Å²) >= 11 is 6.31. The molecule has 5 rings (SSSR count). The van der Waals surface area contributed by atoms with Gasteiger partial charge < -0.3 is 10.6 Å². The zero-order chi connectivity index (χ0) is 21.4. The normalized spacial score (nSPS) is 20.5. The van der Waals surface area contributed by atoms with E-state index in [-0.39, 0.29) is 17.9 Å². The molecule has 2 saturated heterocycles. The maximum absolute atomic E-state index is 13.4. The summed E-state index contributed by atoms with van der Waals surface area (Å²) in [6, 6.07) is 11.9. The third-order valence-corrected chi connectivity index (χ3v) is 7.00. The Labute approximate surface area is 186 Å². The van der Waals surface area contributed by atoms with Gasteiger partial charge in [0.05, 0.1) is 17.1 Å². The second-order valence-electron chi connectivity index (χ2n) is 8.58. The third kappa shape index (κ3) is 4.00. The summed E-state index contributed by atoms with van der Waals surface area (Å²) in [6.45, 7) is 3.46. The topological polar surface area (TPSA) is 91.1 Å². The van der Waals surface area contributed by atoms with E-state index in [2.05, 4.69) is 26.1 Å². The van der Waals surface area contributed by atoms with Gasteiger partial charge >= 0.3 is 0 Å². The summed E-state index contributed by atoms with van der Waals surface area (Å²) in [4.78, 5) is 22.5. The van der Waals surface area contributed by atoms with E-state index in [1.54, 1.807) is 0 Å². The van der Waals surface area contributed by atoms with Crippen LogP contribution in [0.15, 0.2) is 36.4 Å². The number of fused-ring (bicyclic) bond motifs is 1. The number of aromatic nitrogens is 3. The quantitative estimate of drug-likeness (QED) is 0.647. The first-order chi connectivity index (χ1) is 15.1. The smallest absolute Gasteiger partial charge is 0.226 e. The number of likely N-dealkylation sites (tertiary alicyclic amines) is 2. The number of rotatable bonds is 4. The summed E-state index contributed by atoms with van der Waals surface area (Å²) < 4.78 is 0. The number of hydrogen-bond acceptors (Lipinski definition) is 5. The predicted octanol–water partition coefficient (Wildman–Crippen LogP) is 3.77. The molecule has 2 aliphatic heterocycles. The van der Waals surface area contributed by atoms with Gasteiger partial charge in [-0.1, -0.05) is 29.8 Å². The monoisotopic (exact) mass is 438 g/mol. The Morgan fingerprint density at radius 3 is 2.74 bits per heavy atom. The average molecular weight is 439 g/mol. The maximum atomic E-state index is 13.4. The number of amides is 1. The van der Waals surface area contributed by atoms with Crippen LogP contribution in [0.4, 0.5) is 5.82 Å². The van der Waals surface area contributed by atoms with Crippen molar-refractivity contribution in [2.24, 2.45) is 5.92 Å². The molecule has 0 saturated carbocycles. The van der Waals surface area contributed by atoms with Crippen molar-refractivity contribution in [3.05, 3.63) is 52.7 Å². The molecule has 0 bridgehead atoms. The van der Waals surface area contributed by atoms with Crippen LogP contribution in [0.1, 0.15) is 43.0 Å². The highest BCUT2D eigenvalue weighted by Gasteiger charge is 2.36. The molecule has 1 amide bonds. The van der Waals surface area contributed by atoms with E-state index >= 15 is 0 Å².